The zero-order chi connectivity index (χ0) is 24.7. The van der Waals surface area contributed by atoms with Gasteiger partial charge in [-0.25, -0.2) is 0 Å². The molecule has 1 atom stereocenters. The molecule has 0 aliphatic rings. The summed E-state index contributed by atoms with van der Waals surface area (Å²) in [6.07, 6.45) is -3.96. The minimum Gasteiger partial charge on any atom is -0.493 e. The van der Waals surface area contributed by atoms with Gasteiger partial charge in [-0.05, 0) is 52.9 Å². The average molecular weight is 471 g/mol. The second-order valence-corrected chi connectivity index (χ2v) is 7.41. The largest absolute Gasteiger partial charge is 0.493 e. The summed E-state index contributed by atoms with van der Waals surface area (Å²) in [5.74, 6) is 0.512. The Morgan fingerprint density at radius 2 is 1.65 bits per heavy atom. The summed E-state index contributed by atoms with van der Waals surface area (Å²) < 4.78 is 48.7. The molecule has 1 unspecified atom stereocenters. The van der Waals surface area contributed by atoms with E-state index >= 15 is 0 Å². The first-order chi connectivity index (χ1) is 16.2. The van der Waals surface area contributed by atoms with Crippen LogP contribution >= 0.6 is 0 Å². The van der Waals surface area contributed by atoms with Crippen molar-refractivity contribution in [2.24, 2.45) is 0 Å². The first-order valence-electron chi connectivity index (χ1n) is 10.4. The van der Waals surface area contributed by atoms with Gasteiger partial charge in [-0.15, -0.1) is 0 Å². The Morgan fingerprint density at radius 3 is 2.21 bits per heavy atom. The second kappa shape index (κ2) is 10.9. The SMILES string of the molecule is C=COc1ccc(CCNC(=O)C(O)c2ccc(-c3ccc(C(F)(F)F)cc3)cc2)cc1OC. The third-order valence-corrected chi connectivity index (χ3v) is 5.17. The van der Waals surface area contributed by atoms with Gasteiger partial charge in [-0.1, -0.05) is 49.0 Å². The zero-order valence-electron chi connectivity index (χ0n) is 18.4. The fraction of sp³-hybridized carbons (Fsp3) is 0.192. The number of hydrogen-bond acceptors (Lipinski definition) is 4. The normalized spacial score (nSPS) is 12.0. The number of ether oxygens (including phenoxy) is 2. The van der Waals surface area contributed by atoms with Crippen LogP contribution in [0.15, 0.2) is 79.6 Å². The lowest BCUT2D eigenvalue weighted by atomic mass is 10.0. The highest BCUT2D eigenvalue weighted by molar-refractivity contribution is 5.82. The highest BCUT2D eigenvalue weighted by Gasteiger charge is 2.30. The van der Waals surface area contributed by atoms with Crippen LogP contribution in [0.2, 0.25) is 0 Å². The number of nitrogens with one attached hydrogen (secondary N) is 1. The molecule has 178 valence electrons. The van der Waals surface area contributed by atoms with Crippen molar-refractivity contribution >= 4 is 5.91 Å². The molecule has 0 heterocycles. The van der Waals surface area contributed by atoms with Gasteiger partial charge in [-0.3, -0.25) is 4.79 Å². The molecule has 34 heavy (non-hydrogen) atoms. The van der Waals surface area contributed by atoms with E-state index in [4.69, 9.17) is 9.47 Å². The van der Waals surface area contributed by atoms with E-state index in [0.29, 0.717) is 41.2 Å². The topological polar surface area (TPSA) is 67.8 Å². The smallest absolute Gasteiger partial charge is 0.416 e. The molecule has 8 heteroatoms. The number of rotatable bonds is 9. The molecule has 3 aromatic rings. The summed E-state index contributed by atoms with van der Waals surface area (Å²) in [5, 5.41) is 13.1. The Balaban J connectivity index is 1.57. The summed E-state index contributed by atoms with van der Waals surface area (Å²) in [6.45, 7) is 3.81. The fourth-order valence-electron chi connectivity index (χ4n) is 3.34. The summed E-state index contributed by atoms with van der Waals surface area (Å²) >= 11 is 0. The van der Waals surface area contributed by atoms with Crippen LogP contribution < -0.4 is 14.8 Å². The van der Waals surface area contributed by atoms with E-state index in [1.54, 1.807) is 36.4 Å². The Bertz CT molecular complexity index is 1130. The van der Waals surface area contributed by atoms with Gasteiger partial charge in [0, 0.05) is 6.54 Å². The van der Waals surface area contributed by atoms with E-state index in [1.165, 1.54) is 25.5 Å². The molecule has 1 amide bonds. The van der Waals surface area contributed by atoms with Crippen molar-refractivity contribution in [2.45, 2.75) is 18.7 Å². The molecule has 5 nitrogen and oxygen atoms in total. The lowest BCUT2D eigenvalue weighted by molar-refractivity contribution is -0.137. The molecule has 0 aliphatic heterocycles. The molecule has 2 N–H and O–H groups in total. The Hall–Kier alpha value is -3.78. The molecule has 3 aromatic carbocycles. The molecule has 0 fully saturated rings. The zero-order valence-corrected chi connectivity index (χ0v) is 18.4. The van der Waals surface area contributed by atoms with E-state index in [1.807, 2.05) is 6.07 Å². The van der Waals surface area contributed by atoms with Crippen LogP contribution in [-0.4, -0.2) is 24.7 Å². The summed E-state index contributed by atoms with van der Waals surface area (Å²) in [6, 6.07) is 16.6. The number of amides is 1. The summed E-state index contributed by atoms with van der Waals surface area (Å²) in [7, 11) is 1.52. The minimum absolute atomic E-state index is 0.296. The van der Waals surface area contributed by atoms with Crippen molar-refractivity contribution in [1.82, 2.24) is 5.32 Å². The molecular weight excluding hydrogens is 447 g/mol. The molecule has 0 spiro atoms. The van der Waals surface area contributed by atoms with Crippen LogP contribution in [0.5, 0.6) is 11.5 Å². The van der Waals surface area contributed by atoms with Crippen LogP contribution in [0.4, 0.5) is 13.2 Å². The van der Waals surface area contributed by atoms with Crippen molar-refractivity contribution in [3.63, 3.8) is 0 Å². The van der Waals surface area contributed by atoms with Gasteiger partial charge in [0.15, 0.2) is 17.6 Å². The minimum atomic E-state index is -4.39. The Labute approximate surface area is 195 Å². The molecule has 0 saturated heterocycles. The van der Waals surface area contributed by atoms with Gasteiger partial charge in [-0.2, -0.15) is 13.2 Å². The maximum atomic E-state index is 12.7. The lowest BCUT2D eigenvalue weighted by Gasteiger charge is -2.13. The van der Waals surface area contributed by atoms with Crippen molar-refractivity contribution < 1.29 is 32.5 Å². The van der Waals surface area contributed by atoms with E-state index in [2.05, 4.69) is 11.9 Å². The third-order valence-electron chi connectivity index (χ3n) is 5.17. The van der Waals surface area contributed by atoms with Gasteiger partial charge in [0.1, 0.15) is 0 Å². The van der Waals surface area contributed by atoms with Crippen LogP contribution in [0, 0.1) is 0 Å². The summed E-state index contributed by atoms with van der Waals surface area (Å²) in [5.41, 5.74) is 1.82. The number of hydrogen-bond donors (Lipinski definition) is 2. The highest BCUT2D eigenvalue weighted by atomic mass is 19.4. The number of methoxy groups -OCH3 is 1. The molecule has 0 saturated carbocycles. The predicted octanol–water partition coefficient (Wildman–Crippen LogP) is 5.30. The van der Waals surface area contributed by atoms with Crippen molar-refractivity contribution in [1.29, 1.82) is 0 Å². The van der Waals surface area contributed by atoms with Crippen LogP contribution in [-0.2, 0) is 17.4 Å². The van der Waals surface area contributed by atoms with E-state index < -0.39 is 23.8 Å². The van der Waals surface area contributed by atoms with E-state index in [9.17, 15) is 23.1 Å². The first-order valence-corrected chi connectivity index (χ1v) is 10.4. The maximum absolute atomic E-state index is 12.7. The van der Waals surface area contributed by atoms with Crippen LogP contribution in [0.1, 0.15) is 22.8 Å². The van der Waals surface area contributed by atoms with Crippen molar-refractivity contribution in [3.05, 3.63) is 96.3 Å². The number of alkyl halides is 3. The molecule has 0 aliphatic carbocycles. The first kappa shape index (κ1) is 24.9. The number of halogens is 3. The van der Waals surface area contributed by atoms with Gasteiger partial charge >= 0.3 is 6.18 Å². The molecule has 0 bridgehead atoms. The Kier molecular flexibility index (Phi) is 7.96. The third kappa shape index (κ3) is 6.17. The van der Waals surface area contributed by atoms with Gasteiger partial charge in [0.25, 0.3) is 5.91 Å². The highest BCUT2D eigenvalue weighted by Crippen LogP contribution is 2.31. The molecule has 0 aromatic heterocycles. The standard InChI is InChI=1S/C26H24F3NO4/c1-3-34-22-13-4-17(16-23(22)33-2)14-15-30-25(32)24(31)20-7-5-18(6-8-20)19-9-11-21(12-10-19)26(27,28)29/h3-13,16,24,31H,1,14-15H2,2H3,(H,30,32). The van der Waals surface area contributed by atoms with Crippen LogP contribution in [0.25, 0.3) is 11.1 Å². The number of carbonyl (C=O) groups excluding carboxylic acids is 1. The van der Waals surface area contributed by atoms with E-state index in [-0.39, 0.29) is 0 Å². The number of benzene rings is 3. The maximum Gasteiger partial charge on any atom is 0.416 e. The lowest BCUT2D eigenvalue weighted by Crippen LogP contribution is -2.30. The fourth-order valence-corrected chi connectivity index (χ4v) is 3.34. The number of carbonyl (C=O) groups is 1. The average Bonchev–Trinajstić information content (AvgIpc) is 2.84. The summed E-state index contributed by atoms with van der Waals surface area (Å²) in [4.78, 5) is 12.4. The van der Waals surface area contributed by atoms with Gasteiger partial charge in [0.05, 0.1) is 18.9 Å². The van der Waals surface area contributed by atoms with Gasteiger partial charge in [0.2, 0.25) is 0 Å². The second-order valence-electron chi connectivity index (χ2n) is 7.41. The predicted molar refractivity (Wildman–Crippen MR) is 122 cm³/mol. The van der Waals surface area contributed by atoms with Gasteiger partial charge < -0.3 is 19.9 Å². The molecule has 0 radical (unpaired) electrons. The quantitative estimate of drug-likeness (QED) is 0.416. The van der Waals surface area contributed by atoms with Crippen molar-refractivity contribution in [3.8, 4) is 22.6 Å². The number of aliphatic hydroxyl groups excluding tert-OH is 1. The number of aliphatic hydroxyl groups is 1. The van der Waals surface area contributed by atoms with E-state index in [0.717, 1.165) is 17.7 Å². The van der Waals surface area contributed by atoms with Crippen LogP contribution in [0.3, 0.4) is 0 Å². The monoisotopic (exact) mass is 471 g/mol. The van der Waals surface area contributed by atoms with Crippen molar-refractivity contribution in [2.75, 3.05) is 13.7 Å². The molecular formula is C26H24F3NO4. The Morgan fingerprint density at radius 1 is 1.03 bits per heavy atom. The molecule has 3 rings (SSSR count).